The zero-order valence-corrected chi connectivity index (χ0v) is 13.6. The molecule has 1 aliphatic rings. The average molecular weight is 313 g/mol. The Hall–Kier alpha value is -1.18. The summed E-state index contributed by atoms with van der Waals surface area (Å²) in [5, 5.41) is 21.5. The van der Waals surface area contributed by atoms with E-state index in [1.807, 2.05) is 11.9 Å². The van der Waals surface area contributed by atoms with Gasteiger partial charge in [-0.25, -0.2) is 0 Å². The first-order valence-electron chi connectivity index (χ1n) is 7.24. The number of rotatable bonds is 5. The van der Waals surface area contributed by atoms with Gasteiger partial charge in [-0.2, -0.15) is 0 Å². The van der Waals surface area contributed by atoms with Crippen molar-refractivity contribution in [2.45, 2.75) is 25.9 Å². The number of aliphatic hydroxyl groups excluding tert-OH is 1. The van der Waals surface area contributed by atoms with Gasteiger partial charge in [0.05, 0.1) is 11.0 Å². The molecule has 1 aromatic heterocycles. The lowest BCUT2D eigenvalue weighted by molar-refractivity contribution is -0.383. The van der Waals surface area contributed by atoms with Gasteiger partial charge in [0.25, 0.3) is 0 Å². The summed E-state index contributed by atoms with van der Waals surface area (Å²) in [4.78, 5) is 15.8. The number of nitro groups is 1. The van der Waals surface area contributed by atoms with E-state index >= 15 is 0 Å². The summed E-state index contributed by atoms with van der Waals surface area (Å²) in [6.07, 6.45) is 1.59. The van der Waals surface area contributed by atoms with Gasteiger partial charge in [-0.05, 0) is 45.8 Å². The van der Waals surface area contributed by atoms with E-state index in [9.17, 15) is 15.2 Å². The van der Waals surface area contributed by atoms with Gasteiger partial charge >= 0.3 is 5.69 Å². The van der Waals surface area contributed by atoms with E-state index in [2.05, 4.69) is 11.9 Å². The van der Waals surface area contributed by atoms with Crippen LogP contribution in [-0.4, -0.2) is 48.7 Å². The molecule has 1 aromatic rings. The van der Waals surface area contributed by atoms with E-state index in [1.54, 1.807) is 6.92 Å². The lowest BCUT2D eigenvalue weighted by Gasteiger charge is -2.31. The Kier molecular flexibility index (Phi) is 5.18. The highest BCUT2D eigenvalue weighted by atomic mass is 32.1. The van der Waals surface area contributed by atoms with Crippen molar-refractivity contribution in [1.82, 2.24) is 4.90 Å². The van der Waals surface area contributed by atoms with E-state index in [0.29, 0.717) is 15.8 Å². The molecule has 0 radical (unpaired) electrons. The molecule has 6 nitrogen and oxygen atoms in total. The largest absolute Gasteiger partial charge is 0.388 e. The maximum Gasteiger partial charge on any atom is 0.304 e. The summed E-state index contributed by atoms with van der Waals surface area (Å²) in [7, 11) is 4.03. The zero-order chi connectivity index (χ0) is 15.6. The number of anilines is 1. The number of likely N-dealkylation sites (tertiary alicyclic amines) is 1. The summed E-state index contributed by atoms with van der Waals surface area (Å²) in [6.45, 7) is 4.64. The van der Waals surface area contributed by atoms with Crippen molar-refractivity contribution in [3.63, 3.8) is 0 Å². The smallest absolute Gasteiger partial charge is 0.304 e. The maximum atomic E-state index is 11.2. The maximum absolute atomic E-state index is 11.2. The van der Waals surface area contributed by atoms with Gasteiger partial charge in [0.2, 0.25) is 0 Å². The molecule has 1 aliphatic heterocycles. The van der Waals surface area contributed by atoms with Gasteiger partial charge in [0.15, 0.2) is 5.00 Å². The van der Waals surface area contributed by atoms with E-state index in [1.165, 1.54) is 17.4 Å². The Bertz CT molecular complexity index is 496. The number of aliphatic hydroxyl groups is 1. The predicted octanol–water partition coefficient (Wildman–Crippen LogP) is 2.49. The molecular formula is C14H23N3O3S. The normalized spacial score (nSPS) is 18.7. The molecule has 7 heteroatoms. The Morgan fingerprint density at radius 2 is 2.19 bits per heavy atom. The lowest BCUT2D eigenvalue weighted by Crippen LogP contribution is -2.35. The first-order chi connectivity index (χ1) is 9.88. The minimum absolute atomic E-state index is 0.103. The summed E-state index contributed by atoms with van der Waals surface area (Å²) < 4.78 is 0. The lowest BCUT2D eigenvalue weighted by atomic mass is 9.97. The summed E-state index contributed by atoms with van der Waals surface area (Å²) in [5.74, 6) is 0.572. The molecule has 0 bridgehead atoms. The highest BCUT2D eigenvalue weighted by Crippen LogP contribution is 2.40. The van der Waals surface area contributed by atoms with E-state index in [0.717, 1.165) is 32.5 Å². The Morgan fingerprint density at radius 1 is 1.57 bits per heavy atom. The highest BCUT2D eigenvalue weighted by molar-refractivity contribution is 7.16. The van der Waals surface area contributed by atoms with Crippen LogP contribution in [0.25, 0.3) is 0 Å². The third-order valence-electron chi connectivity index (χ3n) is 4.04. The van der Waals surface area contributed by atoms with Gasteiger partial charge in [-0.3, -0.25) is 10.1 Å². The molecular weight excluding hydrogens is 290 g/mol. The second-order valence-corrected chi connectivity index (χ2v) is 6.96. The van der Waals surface area contributed by atoms with Crippen LogP contribution in [0, 0.1) is 16.0 Å². The van der Waals surface area contributed by atoms with Crippen molar-refractivity contribution in [1.29, 1.82) is 0 Å². The average Bonchev–Trinajstić information content (AvgIpc) is 2.87. The third-order valence-corrected chi connectivity index (χ3v) is 5.45. The molecule has 0 saturated carbocycles. The monoisotopic (exact) mass is 313 g/mol. The second-order valence-electron chi connectivity index (χ2n) is 5.90. The van der Waals surface area contributed by atoms with Gasteiger partial charge in [0, 0.05) is 24.5 Å². The number of hydrogen-bond acceptors (Lipinski definition) is 6. The molecule has 1 N–H and O–H groups in total. The molecule has 0 unspecified atom stereocenters. The van der Waals surface area contributed by atoms with Crippen LogP contribution in [0.3, 0.4) is 0 Å². The summed E-state index contributed by atoms with van der Waals surface area (Å²) >= 11 is 1.32. The minimum Gasteiger partial charge on any atom is -0.388 e. The van der Waals surface area contributed by atoms with Gasteiger partial charge in [0.1, 0.15) is 0 Å². The molecule has 0 aliphatic carbocycles. The van der Waals surface area contributed by atoms with E-state index < -0.39 is 6.10 Å². The van der Waals surface area contributed by atoms with Crippen LogP contribution >= 0.6 is 11.3 Å². The fourth-order valence-electron chi connectivity index (χ4n) is 2.71. The Labute approximate surface area is 129 Å². The van der Waals surface area contributed by atoms with E-state index in [4.69, 9.17) is 0 Å². The predicted molar refractivity (Wildman–Crippen MR) is 85.1 cm³/mol. The minimum atomic E-state index is -0.667. The molecule has 0 amide bonds. The summed E-state index contributed by atoms with van der Waals surface area (Å²) in [6, 6.07) is 1.50. The standard InChI is InChI=1S/C14H23N3O3S/c1-10(18)13-8-12(17(19)20)14(21-13)16(3)9-11-4-6-15(2)7-5-11/h8,10-11,18H,4-7,9H2,1-3H3/t10-/m0/s1. The van der Waals surface area contributed by atoms with Crippen LogP contribution in [0.2, 0.25) is 0 Å². The number of hydrogen-bond donors (Lipinski definition) is 1. The molecule has 0 aromatic carbocycles. The van der Waals surface area contributed by atoms with Gasteiger partial charge in [-0.1, -0.05) is 0 Å². The topological polar surface area (TPSA) is 69.8 Å². The highest BCUT2D eigenvalue weighted by Gasteiger charge is 2.26. The molecule has 1 fully saturated rings. The SMILES string of the molecule is C[C@H](O)c1cc([N+](=O)[O-])c(N(C)CC2CCN(C)CC2)s1. The van der Waals surface area contributed by atoms with Gasteiger partial charge in [-0.15, -0.1) is 11.3 Å². The van der Waals surface area contributed by atoms with Crippen LogP contribution in [0.1, 0.15) is 30.7 Å². The molecule has 1 saturated heterocycles. The fraction of sp³-hybridized carbons (Fsp3) is 0.714. The van der Waals surface area contributed by atoms with Crippen molar-refractivity contribution in [3.05, 3.63) is 21.1 Å². The van der Waals surface area contributed by atoms with Crippen LogP contribution in [-0.2, 0) is 0 Å². The van der Waals surface area contributed by atoms with Crippen LogP contribution < -0.4 is 4.90 Å². The Morgan fingerprint density at radius 3 is 2.71 bits per heavy atom. The molecule has 0 spiro atoms. The van der Waals surface area contributed by atoms with Crippen LogP contribution in [0.15, 0.2) is 6.07 Å². The van der Waals surface area contributed by atoms with Crippen LogP contribution in [0.4, 0.5) is 10.7 Å². The van der Waals surface area contributed by atoms with Gasteiger partial charge < -0.3 is 14.9 Å². The number of piperidine rings is 1. The molecule has 21 heavy (non-hydrogen) atoms. The quantitative estimate of drug-likeness (QED) is 0.668. The van der Waals surface area contributed by atoms with Crippen molar-refractivity contribution in [2.24, 2.45) is 5.92 Å². The van der Waals surface area contributed by atoms with Crippen molar-refractivity contribution in [3.8, 4) is 0 Å². The third kappa shape index (κ3) is 3.93. The zero-order valence-electron chi connectivity index (χ0n) is 12.8. The molecule has 118 valence electrons. The van der Waals surface area contributed by atoms with Crippen molar-refractivity contribution < 1.29 is 10.0 Å². The molecule has 1 atom stereocenters. The number of nitrogens with zero attached hydrogens (tertiary/aromatic N) is 3. The molecule has 2 heterocycles. The summed E-state index contributed by atoms with van der Waals surface area (Å²) in [5.41, 5.74) is 0.103. The number of thiophene rings is 1. The van der Waals surface area contributed by atoms with E-state index in [-0.39, 0.29) is 10.6 Å². The van der Waals surface area contributed by atoms with Crippen molar-refractivity contribution in [2.75, 3.05) is 38.6 Å². The first kappa shape index (κ1) is 16.2. The van der Waals surface area contributed by atoms with Crippen LogP contribution in [0.5, 0.6) is 0 Å². The Balaban J connectivity index is 2.10. The molecule has 2 rings (SSSR count). The first-order valence-corrected chi connectivity index (χ1v) is 8.06. The second kappa shape index (κ2) is 6.72. The van der Waals surface area contributed by atoms with Crippen molar-refractivity contribution >= 4 is 22.0 Å². The fourth-order valence-corrected chi connectivity index (χ4v) is 3.75.